The number of furan rings is 1. The first kappa shape index (κ1) is 14.8. The van der Waals surface area contributed by atoms with Crippen molar-refractivity contribution >= 4 is 32.8 Å². The van der Waals surface area contributed by atoms with Gasteiger partial charge in [0.2, 0.25) is 0 Å². The molecule has 3 rings (SSSR count). The van der Waals surface area contributed by atoms with Gasteiger partial charge in [-0.25, -0.2) is 4.39 Å². The average molecular weight is 362 g/mol. The Morgan fingerprint density at radius 3 is 2.82 bits per heavy atom. The second-order valence-corrected chi connectivity index (χ2v) is 5.89. The molecule has 0 atom stereocenters. The van der Waals surface area contributed by atoms with E-state index in [2.05, 4.69) is 21.2 Å². The van der Waals surface area contributed by atoms with Crippen molar-refractivity contribution in [3.63, 3.8) is 0 Å². The van der Waals surface area contributed by atoms with Crippen molar-refractivity contribution in [1.29, 1.82) is 0 Å². The molecule has 3 nitrogen and oxygen atoms in total. The molecule has 0 radical (unpaired) electrons. The van der Waals surface area contributed by atoms with Crippen molar-refractivity contribution < 1.29 is 13.6 Å². The minimum Gasteiger partial charge on any atom is -0.451 e. The summed E-state index contributed by atoms with van der Waals surface area (Å²) in [5, 5.41) is 3.57. The third-order valence-electron chi connectivity index (χ3n) is 3.50. The molecular formula is C17H13BrFNO2. The van der Waals surface area contributed by atoms with Crippen molar-refractivity contribution in [2.45, 2.75) is 13.5 Å². The van der Waals surface area contributed by atoms with Gasteiger partial charge in [-0.2, -0.15) is 0 Å². The van der Waals surface area contributed by atoms with Crippen molar-refractivity contribution in [3.05, 3.63) is 69.6 Å². The highest BCUT2D eigenvalue weighted by atomic mass is 79.9. The summed E-state index contributed by atoms with van der Waals surface area (Å²) < 4.78 is 20.1. The second-order valence-electron chi connectivity index (χ2n) is 4.97. The molecule has 1 amide bonds. The Labute approximate surface area is 135 Å². The molecule has 0 saturated heterocycles. The Balaban J connectivity index is 1.83. The third kappa shape index (κ3) is 2.76. The van der Waals surface area contributed by atoms with Crippen LogP contribution in [0.3, 0.4) is 0 Å². The van der Waals surface area contributed by atoms with Crippen LogP contribution < -0.4 is 5.32 Å². The SMILES string of the molecule is Cc1c(C(=O)NCc2ccccc2F)oc2ccc(Br)cc12. The van der Waals surface area contributed by atoms with Gasteiger partial charge < -0.3 is 9.73 Å². The molecule has 5 heteroatoms. The monoisotopic (exact) mass is 361 g/mol. The Morgan fingerprint density at radius 1 is 1.27 bits per heavy atom. The van der Waals surface area contributed by atoms with E-state index in [1.165, 1.54) is 6.07 Å². The van der Waals surface area contributed by atoms with Crippen LogP contribution >= 0.6 is 15.9 Å². The predicted molar refractivity (Wildman–Crippen MR) is 86.2 cm³/mol. The van der Waals surface area contributed by atoms with E-state index < -0.39 is 0 Å². The van der Waals surface area contributed by atoms with Gasteiger partial charge in [0.15, 0.2) is 5.76 Å². The van der Waals surface area contributed by atoms with E-state index >= 15 is 0 Å². The number of amides is 1. The fraction of sp³-hybridized carbons (Fsp3) is 0.118. The van der Waals surface area contributed by atoms with Gasteiger partial charge in [0.25, 0.3) is 5.91 Å². The Morgan fingerprint density at radius 2 is 2.05 bits per heavy atom. The summed E-state index contributed by atoms with van der Waals surface area (Å²) >= 11 is 3.40. The minimum atomic E-state index is -0.354. The molecule has 2 aromatic carbocycles. The van der Waals surface area contributed by atoms with Gasteiger partial charge in [0.1, 0.15) is 11.4 Å². The molecule has 112 valence electrons. The van der Waals surface area contributed by atoms with Crippen LogP contribution in [0.25, 0.3) is 11.0 Å². The van der Waals surface area contributed by atoms with E-state index in [-0.39, 0.29) is 24.0 Å². The predicted octanol–water partition coefficient (Wildman–Crippen LogP) is 4.57. The van der Waals surface area contributed by atoms with Crippen LogP contribution in [0.2, 0.25) is 0 Å². The van der Waals surface area contributed by atoms with Gasteiger partial charge in [0, 0.05) is 27.5 Å². The summed E-state index contributed by atoms with van der Waals surface area (Å²) in [7, 11) is 0. The Kier molecular flexibility index (Phi) is 3.98. The second kappa shape index (κ2) is 5.93. The largest absolute Gasteiger partial charge is 0.451 e. The maximum atomic E-state index is 13.6. The van der Waals surface area contributed by atoms with Crippen LogP contribution in [0.4, 0.5) is 4.39 Å². The van der Waals surface area contributed by atoms with E-state index in [0.717, 1.165) is 15.4 Å². The molecule has 0 aliphatic carbocycles. The lowest BCUT2D eigenvalue weighted by atomic mass is 10.1. The fourth-order valence-electron chi connectivity index (χ4n) is 2.31. The molecular weight excluding hydrogens is 349 g/mol. The first-order chi connectivity index (χ1) is 10.6. The smallest absolute Gasteiger partial charge is 0.287 e. The molecule has 1 heterocycles. The number of rotatable bonds is 3. The summed E-state index contributed by atoms with van der Waals surface area (Å²) in [6, 6.07) is 11.9. The maximum Gasteiger partial charge on any atom is 0.287 e. The number of hydrogen-bond donors (Lipinski definition) is 1. The van der Waals surface area contributed by atoms with Gasteiger partial charge in [-0.3, -0.25) is 4.79 Å². The lowest BCUT2D eigenvalue weighted by Gasteiger charge is -2.05. The van der Waals surface area contributed by atoms with Crippen molar-refractivity contribution in [2.24, 2.45) is 0 Å². The molecule has 0 saturated carbocycles. The van der Waals surface area contributed by atoms with Crippen LogP contribution in [0, 0.1) is 12.7 Å². The van der Waals surface area contributed by atoms with Crippen LogP contribution in [-0.4, -0.2) is 5.91 Å². The molecule has 0 bridgehead atoms. The van der Waals surface area contributed by atoms with E-state index in [1.807, 2.05) is 19.1 Å². The van der Waals surface area contributed by atoms with Gasteiger partial charge in [-0.1, -0.05) is 34.1 Å². The quantitative estimate of drug-likeness (QED) is 0.742. The highest BCUT2D eigenvalue weighted by molar-refractivity contribution is 9.10. The van der Waals surface area contributed by atoms with Crippen LogP contribution in [0.5, 0.6) is 0 Å². The zero-order valence-electron chi connectivity index (χ0n) is 11.8. The highest BCUT2D eigenvalue weighted by Crippen LogP contribution is 2.28. The summed E-state index contributed by atoms with van der Waals surface area (Å²) in [4.78, 5) is 12.3. The number of nitrogens with one attached hydrogen (secondary N) is 1. The van der Waals surface area contributed by atoms with Crippen LogP contribution in [0.1, 0.15) is 21.7 Å². The van der Waals surface area contributed by atoms with Crippen molar-refractivity contribution in [1.82, 2.24) is 5.32 Å². The summed E-state index contributed by atoms with van der Waals surface area (Å²) in [6.45, 7) is 1.95. The van der Waals surface area contributed by atoms with E-state index in [9.17, 15) is 9.18 Å². The number of hydrogen-bond acceptors (Lipinski definition) is 2. The number of fused-ring (bicyclic) bond motifs is 1. The minimum absolute atomic E-state index is 0.117. The van der Waals surface area contributed by atoms with Crippen LogP contribution in [-0.2, 0) is 6.54 Å². The highest BCUT2D eigenvalue weighted by Gasteiger charge is 2.17. The standard InChI is InChI=1S/C17H13BrFNO2/c1-10-13-8-12(18)6-7-15(13)22-16(10)17(21)20-9-11-4-2-3-5-14(11)19/h2-8H,9H2,1H3,(H,20,21). The molecule has 22 heavy (non-hydrogen) atoms. The molecule has 0 aliphatic rings. The van der Waals surface area contributed by atoms with Crippen LogP contribution in [0.15, 0.2) is 51.4 Å². The molecule has 0 fully saturated rings. The number of carbonyl (C=O) groups is 1. The summed E-state index contributed by atoms with van der Waals surface area (Å²) in [6.07, 6.45) is 0. The first-order valence-corrected chi connectivity index (χ1v) is 7.56. The number of halogens is 2. The van der Waals surface area contributed by atoms with E-state index in [0.29, 0.717) is 11.1 Å². The van der Waals surface area contributed by atoms with Gasteiger partial charge in [-0.05, 0) is 31.2 Å². The molecule has 1 N–H and O–H groups in total. The van der Waals surface area contributed by atoms with Crippen molar-refractivity contribution in [2.75, 3.05) is 0 Å². The average Bonchev–Trinajstić information content (AvgIpc) is 2.83. The topological polar surface area (TPSA) is 42.2 Å². The lowest BCUT2D eigenvalue weighted by molar-refractivity contribution is 0.0924. The molecule has 0 aliphatic heterocycles. The van der Waals surface area contributed by atoms with Gasteiger partial charge in [0.05, 0.1) is 0 Å². The van der Waals surface area contributed by atoms with E-state index in [1.54, 1.807) is 24.3 Å². The fourth-order valence-corrected chi connectivity index (χ4v) is 2.67. The Hall–Kier alpha value is -2.14. The summed E-state index contributed by atoms with van der Waals surface area (Å²) in [5.41, 5.74) is 1.85. The zero-order chi connectivity index (χ0) is 15.7. The third-order valence-corrected chi connectivity index (χ3v) is 3.99. The van der Waals surface area contributed by atoms with Gasteiger partial charge >= 0.3 is 0 Å². The molecule has 1 aromatic heterocycles. The van der Waals surface area contributed by atoms with E-state index in [4.69, 9.17) is 4.42 Å². The lowest BCUT2D eigenvalue weighted by Crippen LogP contribution is -2.23. The molecule has 0 spiro atoms. The maximum absolute atomic E-state index is 13.6. The zero-order valence-corrected chi connectivity index (χ0v) is 13.4. The van der Waals surface area contributed by atoms with Gasteiger partial charge in [-0.15, -0.1) is 0 Å². The Bertz CT molecular complexity index is 857. The first-order valence-electron chi connectivity index (χ1n) is 6.76. The number of aryl methyl sites for hydroxylation is 1. The molecule has 0 unspecified atom stereocenters. The molecule has 3 aromatic rings. The number of carbonyl (C=O) groups excluding carboxylic acids is 1. The normalized spacial score (nSPS) is 10.9. The summed E-state index contributed by atoms with van der Waals surface area (Å²) in [5.74, 6) is -0.439. The number of benzene rings is 2. The van der Waals surface area contributed by atoms with Crippen molar-refractivity contribution in [3.8, 4) is 0 Å².